The molecule has 2 aromatic carbocycles. The van der Waals surface area contributed by atoms with Crippen LogP contribution in [0.5, 0.6) is 0 Å². The number of hydrogen-bond acceptors (Lipinski definition) is 5. The van der Waals surface area contributed by atoms with Gasteiger partial charge in [0.2, 0.25) is 0 Å². The molecule has 2 rings (SSSR count). The number of carboxylic acid groups (broad SMARTS) is 4. The van der Waals surface area contributed by atoms with Crippen LogP contribution in [0.2, 0.25) is 0 Å². The Hall–Kier alpha value is -3.72. The third-order valence-electron chi connectivity index (χ3n) is 4.02. The fourth-order valence-electron chi connectivity index (χ4n) is 2.92. The first kappa shape index (κ1) is 19.6. The first-order chi connectivity index (χ1) is 12.7. The normalized spacial score (nSPS) is 10.6. The van der Waals surface area contributed by atoms with Crippen molar-refractivity contribution in [1.29, 1.82) is 0 Å². The number of aliphatic hydroxyl groups is 1. The molecular formula is C18H14O9. The smallest absolute Gasteiger partial charge is 0.336 e. The second-order valence-electron chi connectivity index (χ2n) is 5.50. The molecule has 0 aliphatic carbocycles. The highest BCUT2D eigenvalue weighted by Crippen LogP contribution is 2.32. The molecule has 0 aromatic heterocycles. The van der Waals surface area contributed by atoms with Gasteiger partial charge in [0, 0.05) is 5.92 Å². The molecular weight excluding hydrogens is 360 g/mol. The molecule has 9 heteroatoms. The molecule has 0 spiro atoms. The van der Waals surface area contributed by atoms with Crippen molar-refractivity contribution in [2.75, 3.05) is 6.61 Å². The van der Waals surface area contributed by atoms with E-state index in [4.69, 9.17) is 0 Å². The quantitative estimate of drug-likeness (QED) is 0.483. The van der Waals surface area contributed by atoms with Gasteiger partial charge in [-0.1, -0.05) is 24.3 Å². The molecule has 0 saturated heterocycles. The van der Waals surface area contributed by atoms with Gasteiger partial charge in [0.05, 0.1) is 28.9 Å². The van der Waals surface area contributed by atoms with Crippen molar-refractivity contribution >= 4 is 23.9 Å². The summed E-state index contributed by atoms with van der Waals surface area (Å²) in [6.45, 7) is -0.771. The van der Waals surface area contributed by atoms with Gasteiger partial charge in [0.1, 0.15) is 0 Å². The number of aliphatic hydroxyl groups excluding tert-OH is 1. The van der Waals surface area contributed by atoms with Crippen molar-refractivity contribution in [3.05, 3.63) is 69.8 Å². The zero-order valence-electron chi connectivity index (χ0n) is 13.6. The fraction of sp³-hybridized carbons (Fsp3) is 0.111. The van der Waals surface area contributed by atoms with E-state index in [2.05, 4.69) is 0 Å². The van der Waals surface area contributed by atoms with Crippen LogP contribution in [0.3, 0.4) is 0 Å². The Morgan fingerprint density at radius 1 is 0.667 bits per heavy atom. The molecule has 0 atom stereocenters. The predicted octanol–water partition coefficient (Wildman–Crippen LogP) is 1.60. The Labute approximate surface area is 151 Å². The van der Waals surface area contributed by atoms with Crippen LogP contribution in [-0.2, 0) is 0 Å². The van der Waals surface area contributed by atoms with Crippen molar-refractivity contribution < 1.29 is 44.7 Å². The SMILES string of the molecule is O=C(O)c1cccc(C(CO)c2cccc(C(=O)O)c2C(=O)O)c1C(=O)O. The topological polar surface area (TPSA) is 169 Å². The highest BCUT2D eigenvalue weighted by Gasteiger charge is 2.30. The maximum atomic E-state index is 11.6. The van der Waals surface area contributed by atoms with Crippen LogP contribution in [0.15, 0.2) is 36.4 Å². The van der Waals surface area contributed by atoms with Gasteiger partial charge >= 0.3 is 23.9 Å². The van der Waals surface area contributed by atoms with E-state index in [1.54, 1.807) is 0 Å². The van der Waals surface area contributed by atoms with Gasteiger partial charge in [-0.3, -0.25) is 0 Å². The second kappa shape index (κ2) is 7.67. The number of hydrogen-bond donors (Lipinski definition) is 5. The largest absolute Gasteiger partial charge is 0.478 e. The lowest BCUT2D eigenvalue weighted by molar-refractivity contribution is 0.0647. The molecule has 5 N–H and O–H groups in total. The first-order valence-corrected chi connectivity index (χ1v) is 7.50. The van der Waals surface area contributed by atoms with E-state index < -0.39 is 58.7 Å². The molecule has 27 heavy (non-hydrogen) atoms. The summed E-state index contributed by atoms with van der Waals surface area (Å²) >= 11 is 0. The Bertz CT molecular complexity index is 870. The highest BCUT2D eigenvalue weighted by atomic mass is 16.4. The number of carboxylic acids is 4. The fourth-order valence-corrected chi connectivity index (χ4v) is 2.92. The van der Waals surface area contributed by atoms with Gasteiger partial charge in [-0.15, -0.1) is 0 Å². The minimum absolute atomic E-state index is 0.144. The van der Waals surface area contributed by atoms with Crippen molar-refractivity contribution in [1.82, 2.24) is 0 Å². The molecule has 9 nitrogen and oxygen atoms in total. The molecule has 0 fully saturated rings. The Kier molecular flexibility index (Phi) is 5.57. The minimum Gasteiger partial charge on any atom is -0.478 e. The third-order valence-corrected chi connectivity index (χ3v) is 4.02. The van der Waals surface area contributed by atoms with E-state index in [0.29, 0.717) is 0 Å². The lowest BCUT2D eigenvalue weighted by Gasteiger charge is -2.21. The summed E-state index contributed by atoms with van der Waals surface area (Å²) in [5, 5.41) is 47.2. The van der Waals surface area contributed by atoms with E-state index in [9.17, 15) is 44.7 Å². The van der Waals surface area contributed by atoms with Gasteiger partial charge in [-0.25, -0.2) is 19.2 Å². The van der Waals surface area contributed by atoms with E-state index >= 15 is 0 Å². The number of benzene rings is 2. The number of aromatic carboxylic acids is 4. The summed E-state index contributed by atoms with van der Waals surface area (Å²) < 4.78 is 0. The van der Waals surface area contributed by atoms with Crippen LogP contribution in [0, 0.1) is 0 Å². The number of rotatable bonds is 7. The first-order valence-electron chi connectivity index (χ1n) is 7.50. The maximum Gasteiger partial charge on any atom is 0.336 e. The second-order valence-corrected chi connectivity index (χ2v) is 5.50. The van der Waals surface area contributed by atoms with Crippen molar-refractivity contribution in [2.45, 2.75) is 5.92 Å². The van der Waals surface area contributed by atoms with Gasteiger partial charge in [0.25, 0.3) is 0 Å². The Morgan fingerprint density at radius 3 is 1.30 bits per heavy atom. The van der Waals surface area contributed by atoms with E-state index in [1.807, 2.05) is 0 Å². The molecule has 0 aliphatic heterocycles. The summed E-state index contributed by atoms with van der Waals surface area (Å²) in [7, 11) is 0. The molecule has 2 aromatic rings. The molecule has 140 valence electrons. The van der Waals surface area contributed by atoms with E-state index in [-0.39, 0.29) is 11.1 Å². The average molecular weight is 374 g/mol. The average Bonchev–Trinajstić information content (AvgIpc) is 2.61. The molecule has 0 amide bonds. The summed E-state index contributed by atoms with van der Waals surface area (Å²) in [6.07, 6.45) is 0. The van der Waals surface area contributed by atoms with Gasteiger partial charge in [-0.2, -0.15) is 0 Å². The van der Waals surface area contributed by atoms with Crippen LogP contribution in [0.25, 0.3) is 0 Å². The predicted molar refractivity (Wildman–Crippen MR) is 89.7 cm³/mol. The van der Waals surface area contributed by atoms with Crippen molar-refractivity contribution in [2.24, 2.45) is 0 Å². The monoisotopic (exact) mass is 374 g/mol. The third kappa shape index (κ3) is 3.62. The summed E-state index contributed by atoms with van der Waals surface area (Å²) in [6, 6.07) is 7.14. The zero-order valence-corrected chi connectivity index (χ0v) is 13.6. The lowest BCUT2D eigenvalue weighted by Crippen LogP contribution is -2.20. The zero-order chi connectivity index (χ0) is 20.3. The molecule has 0 radical (unpaired) electrons. The van der Waals surface area contributed by atoms with Crippen molar-refractivity contribution in [3.8, 4) is 0 Å². The van der Waals surface area contributed by atoms with Gasteiger partial charge < -0.3 is 25.5 Å². The molecule has 0 bridgehead atoms. The van der Waals surface area contributed by atoms with E-state index in [1.165, 1.54) is 24.3 Å². The molecule has 0 unspecified atom stereocenters. The minimum atomic E-state index is -1.58. The van der Waals surface area contributed by atoms with Crippen LogP contribution in [0.1, 0.15) is 58.5 Å². The molecule has 0 aliphatic rings. The summed E-state index contributed by atoms with van der Waals surface area (Å²) in [5.74, 6) is -7.44. The van der Waals surface area contributed by atoms with Gasteiger partial charge in [-0.05, 0) is 23.3 Å². The standard InChI is InChI=1S/C18H14O9/c19-7-12(8-3-1-5-10(15(20)21)13(8)17(24)25)9-4-2-6-11(16(22)23)14(9)18(26)27/h1-6,12,19H,7H2,(H,20,21)(H,22,23)(H,24,25)(H,26,27). The summed E-state index contributed by atoms with van der Waals surface area (Å²) in [4.78, 5) is 46.0. The molecule has 0 saturated carbocycles. The van der Waals surface area contributed by atoms with Crippen molar-refractivity contribution in [3.63, 3.8) is 0 Å². The van der Waals surface area contributed by atoms with Gasteiger partial charge in [0.15, 0.2) is 0 Å². The number of carbonyl (C=O) groups is 4. The molecule has 0 heterocycles. The maximum absolute atomic E-state index is 11.6. The van der Waals surface area contributed by atoms with Crippen LogP contribution in [-0.4, -0.2) is 56.0 Å². The lowest BCUT2D eigenvalue weighted by atomic mass is 9.83. The van der Waals surface area contributed by atoms with Crippen LogP contribution in [0.4, 0.5) is 0 Å². The van der Waals surface area contributed by atoms with Crippen LogP contribution < -0.4 is 0 Å². The highest BCUT2D eigenvalue weighted by molar-refractivity contribution is 6.04. The van der Waals surface area contributed by atoms with Crippen LogP contribution >= 0.6 is 0 Å². The Morgan fingerprint density at radius 2 is 1.04 bits per heavy atom. The summed E-state index contributed by atoms with van der Waals surface area (Å²) in [5.41, 5.74) is -2.58. The van der Waals surface area contributed by atoms with E-state index in [0.717, 1.165) is 12.1 Å². The Balaban J connectivity index is 2.84.